The molecule has 136 valence electrons. The van der Waals surface area contributed by atoms with Gasteiger partial charge in [-0.1, -0.05) is 66.2 Å². The fourth-order valence-corrected chi connectivity index (χ4v) is 3.84. The number of amides is 1. The largest absolute Gasteiger partial charge is 0.341 e. The Balaban J connectivity index is 1.63. The topological polar surface area (TPSA) is 50.5 Å². The first-order valence-corrected chi connectivity index (χ1v) is 9.86. The summed E-state index contributed by atoms with van der Waals surface area (Å²) in [4.78, 5) is 14.1. The highest BCUT2D eigenvalue weighted by Crippen LogP contribution is 2.25. The zero-order valence-corrected chi connectivity index (χ0v) is 16.8. The Hall–Kier alpha value is -1.76. The Morgan fingerprint density at radius 1 is 1.19 bits per heavy atom. The highest BCUT2D eigenvalue weighted by molar-refractivity contribution is 7.99. The molecule has 1 amide bonds. The van der Waals surface area contributed by atoms with Gasteiger partial charge in [0.05, 0.1) is 15.8 Å². The van der Waals surface area contributed by atoms with Crippen molar-refractivity contribution in [3.63, 3.8) is 0 Å². The number of aromatic nitrogens is 3. The zero-order chi connectivity index (χ0) is 18.7. The quantitative estimate of drug-likeness (QED) is 0.568. The number of thioether (sulfide) groups is 1. The van der Waals surface area contributed by atoms with E-state index in [0.717, 1.165) is 12.0 Å². The molecule has 0 bridgehead atoms. The normalized spacial score (nSPS) is 11.1. The third-order valence-corrected chi connectivity index (χ3v) is 5.41. The minimum absolute atomic E-state index is 0.0134. The first-order valence-electron chi connectivity index (χ1n) is 8.12. The van der Waals surface area contributed by atoms with E-state index in [1.165, 1.54) is 17.3 Å². The molecule has 2 heterocycles. The van der Waals surface area contributed by atoms with Gasteiger partial charge in [-0.2, -0.15) is 0 Å². The molecule has 0 aliphatic carbocycles. The Bertz CT molecular complexity index is 927. The Labute approximate surface area is 166 Å². The smallest absolute Gasteiger partial charge is 0.233 e. The van der Waals surface area contributed by atoms with Crippen LogP contribution in [0.3, 0.4) is 0 Å². The number of aryl methyl sites for hydroxylation is 1. The lowest BCUT2D eigenvalue weighted by Crippen LogP contribution is -2.27. The van der Waals surface area contributed by atoms with Gasteiger partial charge in [0.1, 0.15) is 0 Å². The van der Waals surface area contributed by atoms with Gasteiger partial charge in [0.2, 0.25) is 5.91 Å². The Kier molecular flexibility index (Phi) is 6.06. The van der Waals surface area contributed by atoms with E-state index in [0.29, 0.717) is 27.4 Å². The van der Waals surface area contributed by atoms with Crippen molar-refractivity contribution in [3.05, 3.63) is 57.7 Å². The van der Waals surface area contributed by atoms with Crippen LogP contribution in [0.1, 0.15) is 18.1 Å². The molecule has 3 aromatic rings. The third kappa shape index (κ3) is 4.31. The van der Waals surface area contributed by atoms with Crippen LogP contribution in [-0.4, -0.2) is 38.2 Å². The van der Waals surface area contributed by atoms with Gasteiger partial charge in [-0.25, -0.2) is 0 Å². The van der Waals surface area contributed by atoms with E-state index in [2.05, 4.69) is 41.4 Å². The van der Waals surface area contributed by atoms with Crippen LogP contribution in [0.2, 0.25) is 10.0 Å². The lowest BCUT2D eigenvalue weighted by molar-refractivity contribution is -0.127. The van der Waals surface area contributed by atoms with Gasteiger partial charge in [-0.15, -0.1) is 10.2 Å². The number of fused-ring (bicyclic) bond motifs is 1. The summed E-state index contributed by atoms with van der Waals surface area (Å²) in [6.07, 6.45) is 2.70. The van der Waals surface area contributed by atoms with Crippen LogP contribution in [0.5, 0.6) is 0 Å². The molecule has 0 spiro atoms. The van der Waals surface area contributed by atoms with Gasteiger partial charge >= 0.3 is 0 Å². The Morgan fingerprint density at radius 3 is 2.58 bits per heavy atom. The molecule has 0 saturated heterocycles. The minimum atomic E-state index is 0.0134. The molecule has 8 heteroatoms. The summed E-state index contributed by atoms with van der Waals surface area (Å²) in [5, 5.41) is 9.63. The second kappa shape index (κ2) is 8.29. The molecule has 3 rings (SSSR count). The fraction of sp³-hybridized carbons (Fsp3) is 0.278. The van der Waals surface area contributed by atoms with Crippen LogP contribution < -0.4 is 0 Å². The van der Waals surface area contributed by atoms with Crippen LogP contribution in [0.4, 0.5) is 0 Å². The summed E-state index contributed by atoms with van der Waals surface area (Å²) in [6.45, 7) is 2.69. The number of pyridine rings is 1. The lowest BCUT2D eigenvalue weighted by atomic mass is 10.1. The number of halogens is 2. The third-order valence-electron chi connectivity index (χ3n) is 4.00. The van der Waals surface area contributed by atoms with Crippen LogP contribution in [0.25, 0.3) is 5.65 Å². The van der Waals surface area contributed by atoms with Gasteiger partial charge in [-0.3, -0.25) is 9.20 Å². The van der Waals surface area contributed by atoms with E-state index >= 15 is 0 Å². The van der Waals surface area contributed by atoms with Gasteiger partial charge < -0.3 is 4.90 Å². The molecule has 1 aromatic carbocycles. The maximum absolute atomic E-state index is 12.4. The summed E-state index contributed by atoms with van der Waals surface area (Å²) in [6, 6.07) is 9.93. The van der Waals surface area contributed by atoms with Crippen molar-refractivity contribution in [3.8, 4) is 0 Å². The number of carbonyl (C=O) groups excluding carboxylic acids is 1. The molecule has 26 heavy (non-hydrogen) atoms. The van der Waals surface area contributed by atoms with Crippen LogP contribution in [-0.2, 0) is 17.8 Å². The molecule has 0 aliphatic heterocycles. The first kappa shape index (κ1) is 19.0. The van der Waals surface area contributed by atoms with Crippen LogP contribution in [0.15, 0.2) is 41.7 Å². The second-order valence-corrected chi connectivity index (χ2v) is 7.68. The van der Waals surface area contributed by atoms with E-state index in [1.54, 1.807) is 28.6 Å². The molecule has 5 nitrogen and oxygen atoms in total. The van der Waals surface area contributed by atoms with E-state index in [1.807, 2.05) is 0 Å². The SMILES string of the molecule is CCc1ccc(CN(C)C(=O)CSc2nnc3c(Cl)cc(Cl)cn23)cc1. The number of nitrogens with zero attached hydrogens (tertiary/aromatic N) is 4. The molecular weight excluding hydrogens is 391 g/mol. The van der Waals surface area contributed by atoms with Crippen molar-refractivity contribution in [1.82, 2.24) is 19.5 Å². The summed E-state index contributed by atoms with van der Waals surface area (Å²) in [5.41, 5.74) is 2.92. The molecule has 0 unspecified atom stereocenters. The summed E-state index contributed by atoms with van der Waals surface area (Å²) in [5.74, 6) is 0.272. The maximum atomic E-state index is 12.4. The van der Waals surface area contributed by atoms with Crippen LogP contribution in [0, 0.1) is 0 Å². The van der Waals surface area contributed by atoms with Gasteiger partial charge in [0.25, 0.3) is 0 Å². The van der Waals surface area contributed by atoms with Gasteiger partial charge in [0, 0.05) is 19.8 Å². The predicted octanol–water partition coefficient (Wildman–Crippen LogP) is 4.35. The van der Waals surface area contributed by atoms with Gasteiger partial charge in [0.15, 0.2) is 10.8 Å². The van der Waals surface area contributed by atoms with Crippen molar-refractivity contribution in [2.24, 2.45) is 0 Å². The molecule has 0 aliphatic rings. The van der Waals surface area contributed by atoms with E-state index < -0.39 is 0 Å². The second-order valence-electron chi connectivity index (χ2n) is 5.89. The summed E-state index contributed by atoms with van der Waals surface area (Å²) in [7, 11) is 1.80. The summed E-state index contributed by atoms with van der Waals surface area (Å²) < 4.78 is 1.70. The Morgan fingerprint density at radius 2 is 1.88 bits per heavy atom. The molecule has 0 N–H and O–H groups in total. The standard InChI is InChI=1S/C18H18Cl2N4OS/c1-3-12-4-6-13(7-5-12)9-23(2)16(25)11-26-18-22-21-17-15(20)8-14(19)10-24(17)18/h4-8,10H,3,9,11H2,1-2H3. The van der Waals surface area contributed by atoms with E-state index in [4.69, 9.17) is 23.2 Å². The van der Waals surface area contributed by atoms with Crippen LogP contribution >= 0.6 is 35.0 Å². The predicted molar refractivity (Wildman–Crippen MR) is 106 cm³/mol. The number of benzene rings is 1. The summed E-state index contributed by atoms with van der Waals surface area (Å²) >= 11 is 13.4. The molecule has 0 fully saturated rings. The number of hydrogen-bond donors (Lipinski definition) is 0. The van der Waals surface area contributed by atoms with E-state index in [-0.39, 0.29) is 11.7 Å². The molecule has 2 aromatic heterocycles. The fourth-order valence-electron chi connectivity index (χ4n) is 2.48. The molecule has 0 radical (unpaired) electrons. The highest BCUT2D eigenvalue weighted by atomic mass is 35.5. The number of hydrogen-bond acceptors (Lipinski definition) is 4. The van der Waals surface area contributed by atoms with Crippen molar-refractivity contribution in [2.75, 3.05) is 12.8 Å². The van der Waals surface area contributed by atoms with Crippen molar-refractivity contribution in [1.29, 1.82) is 0 Å². The minimum Gasteiger partial charge on any atom is -0.341 e. The van der Waals surface area contributed by atoms with Crippen molar-refractivity contribution in [2.45, 2.75) is 25.0 Å². The molecule has 0 saturated carbocycles. The highest BCUT2D eigenvalue weighted by Gasteiger charge is 2.14. The average Bonchev–Trinajstić information content (AvgIpc) is 3.03. The first-order chi connectivity index (χ1) is 12.5. The van der Waals surface area contributed by atoms with E-state index in [9.17, 15) is 4.79 Å². The van der Waals surface area contributed by atoms with Crippen molar-refractivity contribution < 1.29 is 4.79 Å². The molecular formula is C18H18Cl2N4OS. The molecule has 0 atom stereocenters. The number of carbonyl (C=O) groups is 1. The number of rotatable bonds is 6. The van der Waals surface area contributed by atoms with Gasteiger partial charge in [-0.05, 0) is 23.6 Å². The monoisotopic (exact) mass is 408 g/mol. The lowest BCUT2D eigenvalue weighted by Gasteiger charge is -2.17. The average molecular weight is 409 g/mol. The van der Waals surface area contributed by atoms with Crippen molar-refractivity contribution >= 4 is 46.5 Å². The maximum Gasteiger partial charge on any atom is 0.233 e. The zero-order valence-electron chi connectivity index (χ0n) is 14.4.